The fourth-order valence-corrected chi connectivity index (χ4v) is 5.51. The first-order valence-electron chi connectivity index (χ1n) is 6.47. The van der Waals surface area contributed by atoms with Crippen molar-refractivity contribution in [1.29, 1.82) is 0 Å². The van der Waals surface area contributed by atoms with E-state index < -0.39 is 10.0 Å². The number of nitrogens with one attached hydrogen (secondary N) is 1. The summed E-state index contributed by atoms with van der Waals surface area (Å²) in [5, 5.41) is 0. The lowest BCUT2D eigenvalue weighted by Gasteiger charge is -2.32. The van der Waals surface area contributed by atoms with Crippen LogP contribution in [0.25, 0.3) is 0 Å². The summed E-state index contributed by atoms with van der Waals surface area (Å²) in [6.07, 6.45) is 1.22. The van der Waals surface area contributed by atoms with Crippen LogP contribution in [0.5, 0.6) is 0 Å². The second-order valence-electron chi connectivity index (χ2n) is 4.77. The molecule has 1 aliphatic heterocycles. The quantitative estimate of drug-likeness (QED) is 0.816. The number of piperidine rings is 1. The SMILES string of the molecule is COCC(=O)N1CCC(NS(=O)(=O)c2ccc(Br)s2)CC1. The third-order valence-corrected chi connectivity index (χ3v) is 6.89. The number of ether oxygens (including phenoxy) is 1. The molecular formula is C12H17BrN2O4S2. The van der Waals surface area contributed by atoms with Crippen molar-refractivity contribution >= 4 is 43.2 Å². The maximum absolute atomic E-state index is 12.2. The summed E-state index contributed by atoms with van der Waals surface area (Å²) in [6, 6.07) is 3.15. The molecule has 0 atom stereocenters. The molecule has 0 aromatic carbocycles. The molecule has 0 aliphatic carbocycles. The van der Waals surface area contributed by atoms with Gasteiger partial charge in [0.1, 0.15) is 10.8 Å². The smallest absolute Gasteiger partial charge is 0.250 e. The number of carbonyl (C=O) groups is 1. The largest absolute Gasteiger partial charge is 0.375 e. The molecule has 0 unspecified atom stereocenters. The molecule has 1 aliphatic rings. The van der Waals surface area contributed by atoms with E-state index in [4.69, 9.17) is 4.74 Å². The highest BCUT2D eigenvalue weighted by Crippen LogP contribution is 2.26. The minimum Gasteiger partial charge on any atom is -0.375 e. The number of rotatable bonds is 5. The van der Waals surface area contributed by atoms with Gasteiger partial charge in [-0.05, 0) is 40.9 Å². The van der Waals surface area contributed by atoms with E-state index in [-0.39, 0.29) is 18.6 Å². The first kappa shape index (κ1) is 16.9. The summed E-state index contributed by atoms with van der Waals surface area (Å²) in [5.74, 6) is -0.0546. The predicted octanol–water partition coefficient (Wildman–Crippen LogP) is 1.43. The van der Waals surface area contributed by atoms with E-state index in [9.17, 15) is 13.2 Å². The van der Waals surface area contributed by atoms with Crippen LogP contribution in [0.15, 0.2) is 20.1 Å². The van der Waals surface area contributed by atoms with Gasteiger partial charge >= 0.3 is 0 Å². The Labute approximate surface area is 136 Å². The van der Waals surface area contributed by atoms with E-state index in [1.807, 2.05) is 0 Å². The number of sulfonamides is 1. The number of carbonyl (C=O) groups excluding carboxylic acids is 1. The number of hydrogen-bond donors (Lipinski definition) is 1. The van der Waals surface area contributed by atoms with Crippen molar-refractivity contribution < 1.29 is 17.9 Å². The molecular weight excluding hydrogens is 380 g/mol. The van der Waals surface area contributed by atoms with Crippen molar-refractivity contribution in [1.82, 2.24) is 9.62 Å². The summed E-state index contributed by atoms with van der Waals surface area (Å²) in [6.45, 7) is 1.16. The van der Waals surface area contributed by atoms with Gasteiger partial charge in [0, 0.05) is 26.2 Å². The Kier molecular flexibility index (Phi) is 5.78. The van der Waals surface area contributed by atoms with E-state index in [1.54, 1.807) is 17.0 Å². The lowest BCUT2D eigenvalue weighted by Crippen LogP contribution is -2.47. The zero-order chi connectivity index (χ0) is 15.5. The van der Waals surface area contributed by atoms with E-state index in [0.29, 0.717) is 30.1 Å². The van der Waals surface area contributed by atoms with E-state index in [0.717, 1.165) is 3.79 Å². The third-order valence-electron chi connectivity index (χ3n) is 3.25. The van der Waals surface area contributed by atoms with Gasteiger partial charge in [0.05, 0.1) is 3.79 Å². The molecule has 2 heterocycles. The van der Waals surface area contributed by atoms with E-state index >= 15 is 0 Å². The molecule has 118 valence electrons. The number of methoxy groups -OCH3 is 1. The van der Waals surface area contributed by atoms with Crippen LogP contribution in [0.4, 0.5) is 0 Å². The molecule has 9 heteroatoms. The van der Waals surface area contributed by atoms with Crippen LogP contribution >= 0.6 is 27.3 Å². The van der Waals surface area contributed by atoms with Gasteiger partial charge in [0.25, 0.3) is 0 Å². The highest BCUT2D eigenvalue weighted by atomic mass is 79.9. The average molecular weight is 397 g/mol. The van der Waals surface area contributed by atoms with Crippen LogP contribution in [-0.4, -0.2) is 52.1 Å². The number of nitrogens with zero attached hydrogens (tertiary/aromatic N) is 1. The standard InChI is InChI=1S/C12H17BrN2O4S2/c1-19-8-11(16)15-6-4-9(5-7-15)14-21(17,18)12-3-2-10(13)20-12/h2-3,9,14H,4-8H2,1H3. The van der Waals surface area contributed by atoms with Crippen molar-refractivity contribution in [3.63, 3.8) is 0 Å². The molecule has 1 amide bonds. The molecule has 1 saturated heterocycles. The van der Waals surface area contributed by atoms with Crippen LogP contribution in [0, 0.1) is 0 Å². The molecule has 1 N–H and O–H groups in total. The number of amides is 1. The normalized spacial score (nSPS) is 17.1. The molecule has 0 spiro atoms. The van der Waals surface area contributed by atoms with Crippen LogP contribution in [0.1, 0.15) is 12.8 Å². The topological polar surface area (TPSA) is 75.7 Å². The Morgan fingerprint density at radius 2 is 2.14 bits per heavy atom. The first-order chi connectivity index (χ1) is 9.92. The fourth-order valence-electron chi connectivity index (χ4n) is 2.18. The molecule has 1 aromatic rings. The minimum absolute atomic E-state index is 0.0546. The van der Waals surface area contributed by atoms with Gasteiger partial charge in [-0.15, -0.1) is 11.3 Å². The van der Waals surface area contributed by atoms with Crippen molar-refractivity contribution in [2.75, 3.05) is 26.8 Å². The van der Waals surface area contributed by atoms with Gasteiger partial charge in [-0.25, -0.2) is 13.1 Å². The maximum atomic E-state index is 12.2. The number of hydrogen-bond acceptors (Lipinski definition) is 5. The molecule has 0 bridgehead atoms. The van der Waals surface area contributed by atoms with Crippen molar-refractivity contribution in [3.8, 4) is 0 Å². The first-order valence-corrected chi connectivity index (χ1v) is 9.56. The fraction of sp³-hybridized carbons (Fsp3) is 0.583. The minimum atomic E-state index is -3.48. The Morgan fingerprint density at radius 3 is 2.67 bits per heavy atom. The lowest BCUT2D eigenvalue weighted by atomic mass is 10.1. The predicted molar refractivity (Wildman–Crippen MR) is 83.8 cm³/mol. The molecule has 0 radical (unpaired) electrons. The van der Waals surface area contributed by atoms with Gasteiger partial charge in [-0.3, -0.25) is 4.79 Å². The summed E-state index contributed by atoms with van der Waals surface area (Å²) in [4.78, 5) is 13.4. The summed E-state index contributed by atoms with van der Waals surface area (Å²) in [5.41, 5.74) is 0. The molecule has 2 rings (SSSR count). The van der Waals surface area contributed by atoms with Crippen molar-refractivity contribution in [3.05, 3.63) is 15.9 Å². The molecule has 1 aromatic heterocycles. The second kappa shape index (κ2) is 7.19. The van der Waals surface area contributed by atoms with Crippen LogP contribution in [0.3, 0.4) is 0 Å². The van der Waals surface area contributed by atoms with Crippen molar-refractivity contribution in [2.24, 2.45) is 0 Å². The number of thiophene rings is 1. The summed E-state index contributed by atoms with van der Waals surface area (Å²) in [7, 11) is -1.99. The van der Waals surface area contributed by atoms with E-state index in [2.05, 4.69) is 20.7 Å². The molecule has 21 heavy (non-hydrogen) atoms. The summed E-state index contributed by atoms with van der Waals surface area (Å²) < 4.78 is 33.0. The average Bonchev–Trinajstić information content (AvgIpc) is 2.87. The summed E-state index contributed by atoms with van der Waals surface area (Å²) >= 11 is 4.44. The highest BCUT2D eigenvalue weighted by Gasteiger charge is 2.27. The Bertz CT molecular complexity index is 594. The van der Waals surface area contributed by atoms with Crippen molar-refractivity contribution in [2.45, 2.75) is 23.1 Å². The van der Waals surface area contributed by atoms with Crippen LogP contribution in [0.2, 0.25) is 0 Å². The zero-order valence-corrected chi connectivity index (χ0v) is 14.8. The third kappa shape index (κ3) is 4.49. The lowest BCUT2D eigenvalue weighted by molar-refractivity contribution is -0.136. The Hall–Kier alpha value is -0.480. The van der Waals surface area contributed by atoms with Gasteiger partial charge in [-0.2, -0.15) is 0 Å². The maximum Gasteiger partial charge on any atom is 0.250 e. The zero-order valence-electron chi connectivity index (χ0n) is 11.5. The molecule has 6 nitrogen and oxygen atoms in total. The van der Waals surface area contributed by atoms with Gasteiger partial charge in [0.2, 0.25) is 15.9 Å². The van der Waals surface area contributed by atoms with Crippen LogP contribution < -0.4 is 4.72 Å². The van der Waals surface area contributed by atoms with Gasteiger partial charge in [0.15, 0.2) is 0 Å². The second-order valence-corrected chi connectivity index (χ2v) is 9.17. The Morgan fingerprint density at radius 1 is 1.48 bits per heavy atom. The van der Waals surface area contributed by atoms with E-state index in [1.165, 1.54) is 18.4 Å². The Balaban J connectivity index is 1.90. The van der Waals surface area contributed by atoms with Crippen LogP contribution in [-0.2, 0) is 19.6 Å². The number of halogens is 1. The number of likely N-dealkylation sites (tertiary alicyclic amines) is 1. The van der Waals surface area contributed by atoms with Gasteiger partial charge in [-0.1, -0.05) is 0 Å². The molecule has 0 saturated carbocycles. The van der Waals surface area contributed by atoms with Gasteiger partial charge < -0.3 is 9.64 Å². The molecule has 1 fully saturated rings. The monoisotopic (exact) mass is 396 g/mol. The highest BCUT2D eigenvalue weighted by molar-refractivity contribution is 9.11.